The van der Waals surface area contributed by atoms with E-state index in [1.54, 1.807) is 18.2 Å². The number of aryl methyl sites for hydroxylation is 1. The second-order valence-corrected chi connectivity index (χ2v) is 8.64. The number of likely N-dealkylation sites (N-methyl/N-ethyl adjacent to an activating group) is 1. The van der Waals surface area contributed by atoms with E-state index in [1.807, 2.05) is 13.1 Å². The highest BCUT2D eigenvalue weighted by atomic mass is 35.5. The first kappa shape index (κ1) is 21.0. The third-order valence-corrected chi connectivity index (χ3v) is 6.48. The van der Waals surface area contributed by atoms with Gasteiger partial charge in [-0.3, -0.25) is 9.69 Å². The minimum Gasteiger partial charge on any atom is -0.455 e. The Labute approximate surface area is 195 Å². The van der Waals surface area contributed by atoms with Crippen molar-refractivity contribution in [2.24, 2.45) is 0 Å². The van der Waals surface area contributed by atoms with Crippen molar-refractivity contribution in [2.75, 3.05) is 24.0 Å². The molecule has 1 aliphatic carbocycles. The van der Waals surface area contributed by atoms with E-state index in [2.05, 4.69) is 32.7 Å². The lowest BCUT2D eigenvalue weighted by Gasteiger charge is -2.29. The summed E-state index contributed by atoms with van der Waals surface area (Å²) >= 11 is 12.5. The quantitative estimate of drug-likeness (QED) is 0.581. The molecule has 2 heterocycles. The lowest BCUT2D eigenvalue weighted by atomic mass is 9.88. The van der Waals surface area contributed by atoms with E-state index in [9.17, 15) is 4.79 Å². The Morgan fingerprint density at radius 3 is 2.75 bits per heavy atom. The van der Waals surface area contributed by atoms with Gasteiger partial charge in [0.05, 0.1) is 15.7 Å². The summed E-state index contributed by atoms with van der Waals surface area (Å²) in [6.45, 7) is -0.0444. The van der Waals surface area contributed by atoms with Gasteiger partial charge in [0, 0.05) is 17.9 Å². The number of carbonyl (C=O) groups is 1. The van der Waals surface area contributed by atoms with Crippen LogP contribution in [0.5, 0.6) is 5.88 Å². The van der Waals surface area contributed by atoms with Gasteiger partial charge in [0.25, 0.3) is 5.91 Å². The molecule has 1 atom stereocenters. The summed E-state index contributed by atoms with van der Waals surface area (Å²) in [4.78, 5) is 23.1. The second-order valence-electron chi connectivity index (χ2n) is 7.83. The van der Waals surface area contributed by atoms with E-state index in [4.69, 9.17) is 27.9 Å². The molecule has 0 radical (unpaired) electrons. The number of rotatable bonds is 4. The number of hydrogen-bond donors (Lipinski definition) is 2. The molecule has 1 amide bonds. The minimum absolute atomic E-state index is 0.0444. The molecular formula is C23H21Cl2N5O2. The number of para-hydroxylation sites is 1. The average Bonchev–Trinajstić information content (AvgIpc) is 2.80. The van der Waals surface area contributed by atoms with Crippen molar-refractivity contribution >= 4 is 46.4 Å². The molecule has 9 heteroatoms. The van der Waals surface area contributed by atoms with Gasteiger partial charge >= 0.3 is 0 Å². The van der Waals surface area contributed by atoms with Gasteiger partial charge in [0.15, 0.2) is 6.73 Å². The van der Waals surface area contributed by atoms with E-state index in [-0.39, 0.29) is 24.1 Å². The first-order chi connectivity index (χ1) is 15.5. The van der Waals surface area contributed by atoms with Crippen molar-refractivity contribution in [3.63, 3.8) is 0 Å². The molecule has 2 N–H and O–H groups in total. The van der Waals surface area contributed by atoms with E-state index in [1.165, 1.54) is 22.2 Å². The van der Waals surface area contributed by atoms with Crippen LogP contribution in [0.1, 0.15) is 27.9 Å². The molecule has 1 aliphatic heterocycles. The number of hydrogen-bond acceptors (Lipinski definition) is 6. The van der Waals surface area contributed by atoms with Crippen LogP contribution in [0.2, 0.25) is 10.0 Å². The molecule has 7 nitrogen and oxygen atoms in total. The van der Waals surface area contributed by atoms with Crippen molar-refractivity contribution in [2.45, 2.75) is 25.3 Å². The van der Waals surface area contributed by atoms with Gasteiger partial charge in [-0.05, 0) is 61.7 Å². The fraction of sp³-hybridized carbons (Fsp3) is 0.261. The first-order valence-electron chi connectivity index (χ1n) is 10.4. The van der Waals surface area contributed by atoms with E-state index in [0.717, 1.165) is 24.9 Å². The normalized spacial score (nSPS) is 17.4. The SMILES string of the molecule is CNC1CCc2cc(Nc3ncc4c(n3)OCN(c3c(Cl)cccc3Cl)C4=O)ccc2C1. The van der Waals surface area contributed by atoms with Crippen LogP contribution < -0.4 is 20.3 Å². The smallest absolute Gasteiger partial charge is 0.268 e. The van der Waals surface area contributed by atoms with E-state index in [0.29, 0.717) is 27.7 Å². The second kappa shape index (κ2) is 8.58. The van der Waals surface area contributed by atoms with Crippen LogP contribution >= 0.6 is 23.2 Å². The zero-order valence-corrected chi connectivity index (χ0v) is 18.9. The number of ether oxygens (including phenoxy) is 1. The fourth-order valence-corrected chi connectivity index (χ4v) is 4.74. The van der Waals surface area contributed by atoms with Gasteiger partial charge in [-0.1, -0.05) is 35.3 Å². The number of carbonyl (C=O) groups excluding carboxylic acids is 1. The Bertz CT molecular complexity index is 1180. The van der Waals surface area contributed by atoms with E-state index < -0.39 is 0 Å². The molecule has 2 aromatic carbocycles. The van der Waals surface area contributed by atoms with Gasteiger partial charge in [0.2, 0.25) is 11.8 Å². The molecule has 0 spiro atoms. The Morgan fingerprint density at radius 1 is 1.16 bits per heavy atom. The molecule has 0 fully saturated rings. The minimum atomic E-state index is -0.319. The van der Waals surface area contributed by atoms with Crippen molar-refractivity contribution in [1.82, 2.24) is 15.3 Å². The maximum Gasteiger partial charge on any atom is 0.268 e. The number of halogens is 2. The van der Waals surface area contributed by atoms with Crippen molar-refractivity contribution in [3.8, 4) is 5.88 Å². The maximum atomic E-state index is 13.0. The van der Waals surface area contributed by atoms with Gasteiger partial charge in [-0.25, -0.2) is 4.98 Å². The van der Waals surface area contributed by atoms with Crippen molar-refractivity contribution in [1.29, 1.82) is 0 Å². The number of amides is 1. The topological polar surface area (TPSA) is 79.4 Å². The molecule has 0 saturated heterocycles. The summed E-state index contributed by atoms with van der Waals surface area (Å²) in [5, 5.41) is 7.31. The number of benzene rings is 2. The summed E-state index contributed by atoms with van der Waals surface area (Å²) in [6, 6.07) is 11.9. The number of fused-ring (bicyclic) bond motifs is 2. The average molecular weight is 470 g/mol. The van der Waals surface area contributed by atoms with Gasteiger partial charge in [-0.2, -0.15) is 4.98 Å². The zero-order chi connectivity index (χ0) is 22.2. The van der Waals surface area contributed by atoms with Gasteiger partial charge in [0.1, 0.15) is 5.56 Å². The van der Waals surface area contributed by atoms with Crippen LogP contribution in [0.25, 0.3) is 0 Å². The standard InChI is InChI=1S/C23H21Cl2N5O2/c1-26-15-7-5-14-10-16(8-6-13(14)9-15)28-23-27-11-17-21(29-23)32-12-30(22(17)31)20-18(24)3-2-4-19(20)25/h2-4,6,8,10-11,15,26H,5,7,9,12H2,1H3,(H,27,28,29). The highest BCUT2D eigenvalue weighted by Crippen LogP contribution is 2.37. The van der Waals surface area contributed by atoms with E-state index >= 15 is 0 Å². The highest BCUT2D eigenvalue weighted by Gasteiger charge is 2.31. The monoisotopic (exact) mass is 469 g/mol. The molecule has 3 aromatic rings. The first-order valence-corrected chi connectivity index (χ1v) is 11.1. The highest BCUT2D eigenvalue weighted by molar-refractivity contribution is 6.40. The molecule has 0 saturated carbocycles. The summed E-state index contributed by atoms with van der Waals surface area (Å²) in [7, 11) is 2.01. The van der Waals surface area contributed by atoms with Gasteiger partial charge < -0.3 is 15.4 Å². The van der Waals surface area contributed by atoms with Gasteiger partial charge in [-0.15, -0.1) is 0 Å². The zero-order valence-electron chi connectivity index (χ0n) is 17.4. The van der Waals surface area contributed by atoms with Crippen LogP contribution in [-0.4, -0.2) is 35.7 Å². The number of nitrogens with zero attached hydrogens (tertiary/aromatic N) is 3. The fourth-order valence-electron chi connectivity index (χ4n) is 4.13. The third kappa shape index (κ3) is 3.88. The number of anilines is 3. The summed E-state index contributed by atoms with van der Waals surface area (Å²) in [5.74, 6) is 0.270. The third-order valence-electron chi connectivity index (χ3n) is 5.87. The Balaban J connectivity index is 1.36. The van der Waals surface area contributed by atoms with Crippen molar-refractivity contribution < 1.29 is 9.53 Å². The Hall–Kier alpha value is -2.87. The molecule has 0 bridgehead atoms. The van der Waals surface area contributed by atoms with Crippen LogP contribution in [-0.2, 0) is 12.8 Å². The lowest BCUT2D eigenvalue weighted by molar-refractivity contribution is 0.0932. The molecule has 164 valence electrons. The molecule has 1 unspecified atom stereocenters. The maximum absolute atomic E-state index is 13.0. The Kier molecular flexibility index (Phi) is 5.63. The summed E-state index contributed by atoms with van der Waals surface area (Å²) in [6.07, 6.45) is 4.63. The van der Waals surface area contributed by atoms with Crippen LogP contribution in [0.4, 0.5) is 17.3 Å². The lowest BCUT2D eigenvalue weighted by Crippen LogP contribution is -2.39. The molecule has 1 aromatic heterocycles. The largest absolute Gasteiger partial charge is 0.455 e. The van der Waals surface area contributed by atoms with Crippen LogP contribution in [0, 0.1) is 0 Å². The predicted octanol–water partition coefficient (Wildman–Crippen LogP) is 4.60. The molecular weight excluding hydrogens is 449 g/mol. The van der Waals surface area contributed by atoms with Crippen LogP contribution in [0.15, 0.2) is 42.6 Å². The predicted molar refractivity (Wildman–Crippen MR) is 125 cm³/mol. The van der Waals surface area contributed by atoms with Crippen LogP contribution in [0.3, 0.4) is 0 Å². The molecule has 5 rings (SSSR count). The molecule has 32 heavy (non-hydrogen) atoms. The number of aromatic nitrogens is 2. The Morgan fingerprint density at radius 2 is 1.97 bits per heavy atom. The number of nitrogens with one attached hydrogen (secondary N) is 2. The summed E-state index contributed by atoms with van der Waals surface area (Å²) < 4.78 is 5.75. The summed E-state index contributed by atoms with van der Waals surface area (Å²) in [5.41, 5.74) is 4.25. The van der Waals surface area contributed by atoms with Crippen molar-refractivity contribution in [3.05, 3.63) is 69.3 Å². The molecule has 2 aliphatic rings.